The molecule has 0 saturated carbocycles. The summed E-state index contributed by atoms with van der Waals surface area (Å²) in [7, 11) is 0. The highest BCUT2D eigenvalue weighted by Crippen LogP contribution is 2.18. The number of aromatic nitrogens is 1. The second kappa shape index (κ2) is 3.05. The highest BCUT2D eigenvalue weighted by atomic mass is 16.1. The molecule has 1 heterocycles. The Morgan fingerprint density at radius 3 is 3.00 bits per heavy atom. The summed E-state index contributed by atoms with van der Waals surface area (Å²) in [5.74, 6) is 0. The fraction of sp³-hybridized carbons (Fsp3) is 0.182. The summed E-state index contributed by atoms with van der Waals surface area (Å²) in [6.07, 6.45) is 2.87. The fourth-order valence-electron chi connectivity index (χ4n) is 1.62. The summed E-state index contributed by atoms with van der Waals surface area (Å²) in [5, 5.41) is 1.23. The minimum Gasteiger partial charge on any atom is -0.340 e. The van der Waals surface area contributed by atoms with Gasteiger partial charge in [0.2, 0.25) is 0 Å². The van der Waals surface area contributed by atoms with Crippen molar-refractivity contribution in [1.29, 1.82) is 0 Å². The lowest BCUT2D eigenvalue weighted by atomic mass is 10.1. The first-order chi connectivity index (χ1) is 6.33. The van der Waals surface area contributed by atoms with Gasteiger partial charge in [-0.3, -0.25) is 0 Å². The number of hydrogen-bond acceptors (Lipinski definition) is 1. The lowest BCUT2D eigenvalue weighted by Crippen LogP contribution is -1.95. The molecular weight excluding hydrogens is 162 g/mol. The van der Waals surface area contributed by atoms with Crippen LogP contribution < -0.4 is 0 Å². The van der Waals surface area contributed by atoms with E-state index in [2.05, 4.69) is 13.0 Å². The molecule has 1 aromatic heterocycles. The van der Waals surface area contributed by atoms with Crippen LogP contribution in [0.4, 0.5) is 0 Å². The quantitative estimate of drug-likeness (QED) is 0.638. The number of nitrogens with zero attached hydrogens (tertiary/aromatic N) is 1. The second-order valence-corrected chi connectivity index (χ2v) is 3.14. The molecule has 2 nitrogen and oxygen atoms in total. The molecular formula is C11H11NO. The number of aldehydes is 1. The smallest absolute Gasteiger partial charge is 0.139 e. The van der Waals surface area contributed by atoms with Gasteiger partial charge in [-0.25, -0.2) is 0 Å². The molecule has 0 spiro atoms. The van der Waals surface area contributed by atoms with E-state index in [9.17, 15) is 4.79 Å². The molecule has 0 unspecified atom stereocenters. The third kappa shape index (κ3) is 1.24. The van der Waals surface area contributed by atoms with Gasteiger partial charge in [-0.15, -0.1) is 0 Å². The Kier molecular flexibility index (Phi) is 1.89. The van der Waals surface area contributed by atoms with Gasteiger partial charge in [0.15, 0.2) is 0 Å². The summed E-state index contributed by atoms with van der Waals surface area (Å²) in [6, 6.07) is 8.17. The molecule has 2 aromatic rings. The number of hydrogen-bond donors (Lipinski definition) is 0. The van der Waals surface area contributed by atoms with Crippen molar-refractivity contribution in [3.63, 3.8) is 0 Å². The Balaban J connectivity index is 2.67. The molecule has 0 aliphatic heterocycles. The van der Waals surface area contributed by atoms with Crippen molar-refractivity contribution in [3.05, 3.63) is 36.0 Å². The molecule has 0 radical (unpaired) electrons. The molecule has 0 bridgehead atoms. The van der Waals surface area contributed by atoms with E-state index in [1.807, 2.05) is 29.0 Å². The van der Waals surface area contributed by atoms with Crippen molar-refractivity contribution in [2.24, 2.45) is 0 Å². The average Bonchev–Trinajstić information content (AvgIpc) is 2.51. The number of aryl methyl sites for hydroxylation is 1. The average molecular weight is 173 g/mol. The SMILES string of the molecule is Cc1cccc2c1ccn2CC=O. The molecule has 0 aliphatic rings. The van der Waals surface area contributed by atoms with E-state index < -0.39 is 0 Å². The topological polar surface area (TPSA) is 22.0 Å². The van der Waals surface area contributed by atoms with Gasteiger partial charge in [0, 0.05) is 17.1 Å². The Bertz CT molecular complexity index is 442. The predicted molar refractivity (Wildman–Crippen MR) is 52.7 cm³/mol. The third-order valence-electron chi connectivity index (χ3n) is 2.30. The summed E-state index contributed by atoms with van der Waals surface area (Å²) in [4.78, 5) is 10.4. The molecule has 0 aliphatic carbocycles. The van der Waals surface area contributed by atoms with Gasteiger partial charge in [0.25, 0.3) is 0 Å². The van der Waals surface area contributed by atoms with Crippen LogP contribution in [0.5, 0.6) is 0 Å². The van der Waals surface area contributed by atoms with Crippen LogP contribution in [-0.2, 0) is 11.3 Å². The molecule has 0 saturated heterocycles. The zero-order chi connectivity index (χ0) is 9.26. The van der Waals surface area contributed by atoms with Gasteiger partial charge < -0.3 is 9.36 Å². The predicted octanol–water partition coefficient (Wildman–Crippen LogP) is 2.15. The van der Waals surface area contributed by atoms with Crippen LogP contribution in [0.25, 0.3) is 10.9 Å². The molecule has 0 fully saturated rings. The Morgan fingerprint density at radius 2 is 2.23 bits per heavy atom. The van der Waals surface area contributed by atoms with Gasteiger partial charge >= 0.3 is 0 Å². The molecule has 66 valence electrons. The lowest BCUT2D eigenvalue weighted by Gasteiger charge is -2.00. The summed E-state index contributed by atoms with van der Waals surface area (Å²) in [5.41, 5.74) is 2.38. The van der Waals surface area contributed by atoms with Crippen molar-refractivity contribution in [3.8, 4) is 0 Å². The number of carbonyl (C=O) groups is 1. The third-order valence-corrected chi connectivity index (χ3v) is 2.30. The molecule has 0 atom stereocenters. The second-order valence-electron chi connectivity index (χ2n) is 3.14. The highest BCUT2D eigenvalue weighted by molar-refractivity contribution is 5.84. The summed E-state index contributed by atoms with van der Waals surface area (Å²) < 4.78 is 1.95. The maximum absolute atomic E-state index is 10.4. The van der Waals surface area contributed by atoms with E-state index in [-0.39, 0.29) is 0 Å². The van der Waals surface area contributed by atoms with E-state index in [1.54, 1.807) is 0 Å². The minimum atomic E-state index is 0.437. The number of carbonyl (C=O) groups excluding carboxylic acids is 1. The molecule has 2 rings (SSSR count). The van der Waals surface area contributed by atoms with Gasteiger partial charge in [-0.1, -0.05) is 12.1 Å². The van der Waals surface area contributed by atoms with Crippen LogP contribution in [0, 0.1) is 6.92 Å². The van der Waals surface area contributed by atoms with Gasteiger partial charge in [-0.05, 0) is 24.6 Å². The monoisotopic (exact) mass is 173 g/mol. The molecule has 2 heteroatoms. The molecule has 1 aromatic carbocycles. The first-order valence-electron chi connectivity index (χ1n) is 4.31. The molecule has 0 N–H and O–H groups in total. The van der Waals surface area contributed by atoms with Gasteiger partial charge in [0.05, 0.1) is 6.54 Å². The zero-order valence-electron chi connectivity index (χ0n) is 7.53. The Morgan fingerprint density at radius 1 is 1.38 bits per heavy atom. The maximum Gasteiger partial charge on any atom is 0.139 e. The van der Waals surface area contributed by atoms with Gasteiger partial charge in [-0.2, -0.15) is 0 Å². The first-order valence-corrected chi connectivity index (χ1v) is 4.31. The van der Waals surface area contributed by atoms with Gasteiger partial charge in [0.1, 0.15) is 6.29 Å². The number of fused-ring (bicyclic) bond motifs is 1. The van der Waals surface area contributed by atoms with Crippen LogP contribution in [0.2, 0.25) is 0 Å². The van der Waals surface area contributed by atoms with Crippen LogP contribution in [0.3, 0.4) is 0 Å². The Labute approximate surface area is 76.8 Å². The molecule has 13 heavy (non-hydrogen) atoms. The summed E-state index contributed by atoms with van der Waals surface area (Å²) >= 11 is 0. The lowest BCUT2D eigenvalue weighted by molar-refractivity contribution is -0.108. The maximum atomic E-state index is 10.4. The van der Waals surface area contributed by atoms with E-state index in [1.165, 1.54) is 10.9 Å². The van der Waals surface area contributed by atoms with Crippen LogP contribution in [0.1, 0.15) is 5.56 Å². The normalized spacial score (nSPS) is 10.5. The van der Waals surface area contributed by atoms with Crippen LogP contribution >= 0.6 is 0 Å². The number of rotatable bonds is 2. The van der Waals surface area contributed by atoms with Crippen molar-refractivity contribution >= 4 is 17.2 Å². The fourth-order valence-corrected chi connectivity index (χ4v) is 1.62. The zero-order valence-corrected chi connectivity index (χ0v) is 7.53. The van der Waals surface area contributed by atoms with E-state index in [0.717, 1.165) is 11.8 Å². The largest absolute Gasteiger partial charge is 0.340 e. The van der Waals surface area contributed by atoms with Crippen LogP contribution in [-0.4, -0.2) is 10.9 Å². The molecule has 0 amide bonds. The summed E-state index contributed by atoms with van der Waals surface area (Å²) in [6.45, 7) is 2.51. The standard InChI is InChI=1S/C11H11NO/c1-9-3-2-4-11-10(9)5-6-12(11)7-8-13/h2-6,8H,7H2,1H3. The van der Waals surface area contributed by atoms with Crippen LogP contribution in [0.15, 0.2) is 30.5 Å². The van der Waals surface area contributed by atoms with Crippen molar-refractivity contribution in [2.45, 2.75) is 13.5 Å². The first kappa shape index (κ1) is 8.05. The highest BCUT2D eigenvalue weighted by Gasteiger charge is 2.00. The Hall–Kier alpha value is -1.57. The van der Waals surface area contributed by atoms with E-state index >= 15 is 0 Å². The van der Waals surface area contributed by atoms with Crippen molar-refractivity contribution in [1.82, 2.24) is 4.57 Å². The van der Waals surface area contributed by atoms with Crippen molar-refractivity contribution in [2.75, 3.05) is 0 Å². The van der Waals surface area contributed by atoms with Crippen molar-refractivity contribution < 1.29 is 4.79 Å². The van der Waals surface area contributed by atoms with E-state index in [4.69, 9.17) is 0 Å². The number of benzene rings is 1. The van der Waals surface area contributed by atoms with E-state index in [0.29, 0.717) is 6.54 Å². The minimum absolute atomic E-state index is 0.437.